The number of unbranched alkanes of at least 4 members (excludes halogenated alkanes) is 1. The number of nitrogens with two attached hydrogens (primary N) is 3. The van der Waals surface area contributed by atoms with Crippen molar-refractivity contribution in [2.45, 2.75) is 150 Å². The first-order valence-corrected chi connectivity index (χ1v) is 36.4. The molecule has 23 N–H and O–H groups in total. The molecule has 0 saturated heterocycles. The number of amides is 11. The molecule has 0 aliphatic carbocycles. The van der Waals surface area contributed by atoms with E-state index >= 15 is 14.4 Å². The molecule has 33 heteroatoms. The first-order valence-electron chi connectivity index (χ1n) is 35.1. The smallest absolute Gasteiger partial charge is 0.245 e. The predicted octanol–water partition coefficient (Wildman–Crippen LogP) is -0.843. The second-order valence-corrected chi connectivity index (χ2v) is 27.1. The van der Waals surface area contributed by atoms with E-state index in [2.05, 4.69) is 83.4 Å². The third-order valence-electron chi connectivity index (χ3n) is 17.8. The minimum atomic E-state index is -1.78. The van der Waals surface area contributed by atoms with Crippen LogP contribution in [-0.2, 0) is 91.3 Å². The molecule has 7 rings (SSSR count). The van der Waals surface area contributed by atoms with Crippen LogP contribution in [0.25, 0.3) is 10.9 Å². The van der Waals surface area contributed by atoms with E-state index in [1.807, 2.05) is 0 Å². The number of hydrogen-bond acceptors (Lipinski definition) is 21. The fraction of sp³-hybridized carbons (Fsp3) is 0.355. The van der Waals surface area contributed by atoms with Gasteiger partial charge in [0.2, 0.25) is 65.0 Å². The summed E-state index contributed by atoms with van der Waals surface area (Å²) in [4.78, 5) is 160. The minimum absolute atomic E-state index is 0.00299. The number of aliphatic hydroxyl groups is 2. The second kappa shape index (κ2) is 41.8. The summed E-state index contributed by atoms with van der Waals surface area (Å²) in [5.74, 6) is -11.7. The van der Waals surface area contributed by atoms with Crippen LogP contribution in [0.1, 0.15) is 66.5 Å². The Bertz CT molecular complexity index is 4240. The topological polar surface area (TPSA) is 523 Å². The highest BCUT2D eigenvalue weighted by atomic mass is 32.1. The zero-order valence-electron chi connectivity index (χ0n) is 59.8. The van der Waals surface area contributed by atoms with Gasteiger partial charge >= 0.3 is 0 Å². The number of aromatic amines is 1. The average Bonchev–Trinajstić information content (AvgIpc) is 1.75. The number of carbonyl (C=O) groups is 11. The maximum absolute atomic E-state index is 15.2. The summed E-state index contributed by atoms with van der Waals surface area (Å²) in [6, 6.07) is 21.8. The van der Waals surface area contributed by atoms with Crippen molar-refractivity contribution in [2.24, 2.45) is 17.2 Å². The van der Waals surface area contributed by atoms with Crippen LogP contribution in [0, 0.1) is 0 Å². The number of rotatable bonds is 41. The number of benzene rings is 6. The first-order chi connectivity index (χ1) is 52.0. The largest absolute Gasteiger partial charge is 0.508 e. The first kappa shape index (κ1) is 85.0. The Morgan fingerprint density at radius 1 is 0.376 bits per heavy atom. The summed E-state index contributed by atoms with van der Waals surface area (Å²) >= 11 is 8.60. The maximum atomic E-state index is 15.2. The van der Waals surface area contributed by atoms with Gasteiger partial charge < -0.3 is 106 Å². The summed E-state index contributed by atoms with van der Waals surface area (Å²) in [7, 11) is 0. The Kier molecular flexibility index (Phi) is 32.6. The Labute approximate surface area is 639 Å². The standard InChI is InChI=1S/C76H94N14O17S2/c1-41(91)64(66(79)97)89-75(106)63(40-109)88-76(107)65(42(2)92)90-68(99)56(14-8-9-31-77)81-73(104)61(37-48-38-80-55-13-7-6-12-53(48)55)86-71(102)58(33-43-10-4-3-5-11-43)85-74(105)62(39-108)87-72(103)60(36-47-21-29-52(96)30-22-47)84-70(101)59(35-46-19-27-51(95)28-20-46)83-69(100)57(34-45-17-25-50(94)26-18-45)82-67(98)54(78)32-44-15-23-49(93)24-16-44/h3-7,10-13,15-30,38,41-42,54,56-65,80,91-96,108-109H,8-9,14,31-37,39-40,77-78H2,1-2H3,(H2,79,97)(H,81,104)(H,82,98)(H,83,100)(H,84,101)(H,85,105)(H,86,102)(H,87,103)(H,88,107)(H,89,106)(H,90,99)/t41-,42-,54+,56+,57+,58+,59+,60+,61-,62+,63+,64+,65+/m1/s1. The highest BCUT2D eigenvalue weighted by Gasteiger charge is 2.38. The molecule has 13 atom stereocenters. The number of fused-ring (bicyclic) bond motifs is 1. The number of aromatic nitrogens is 1. The number of primary amides is 1. The highest BCUT2D eigenvalue weighted by Crippen LogP contribution is 2.22. The molecule has 0 radical (unpaired) electrons. The van der Waals surface area contributed by atoms with Crippen molar-refractivity contribution in [2.75, 3.05) is 18.1 Å². The number of H-pyrrole nitrogens is 1. The number of para-hydroxylation sites is 1. The van der Waals surface area contributed by atoms with Gasteiger partial charge in [-0.15, -0.1) is 0 Å². The van der Waals surface area contributed by atoms with Crippen molar-refractivity contribution in [1.82, 2.24) is 58.2 Å². The van der Waals surface area contributed by atoms with Gasteiger partial charge in [0.25, 0.3) is 0 Å². The number of aliphatic hydroxyl groups excluding tert-OH is 2. The highest BCUT2D eigenvalue weighted by molar-refractivity contribution is 7.80. The van der Waals surface area contributed by atoms with Crippen LogP contribution in [0.15, 0.2) is 158 Å². The summed E-state index contributed by atoms with van der Waals surface area (Å²) < 4.78 is 0. The molecule has 0 spiro atoms. The van der Waals surface area contributed by atoms with Gasteiger partial charge in [0.05, 0.1) is 18.2 Å². The van der Waals surface area contributed by atoms with E-state index < -0.39 is 149 Å². The molecule has 1 aromatic heterocycles. The van der Waals surface area contributed by atoms with Crippen molar-refractivity contribution in [3.05, 3.63) is 191 Å². The zero-order valence-corrected chi connectivity index (χ0v) is 61.6. The van der Waals surface area contributed by atoms with Crippen molar-refractivity contribution in [3.8, 4) is 23.0 Å². The third-order valence-corrected chi connectivity index (χ3v) is 18.5. The van der Waals surface area contributed by atoms with Crippen molar-refractivity contribution >= 4 is 101 Å². The molecule has 0 unspecified atom stereocenters. The molecule has 0 bridgehead atoms. The van der Waals surface area contributed by atoms with E-state index in [0.717, 1.165) is 0 Å². The number of phenolic OH excluding ortho intramolecular Hbond substituents is 4. The van der Waals surface area contributed by atoms with Crippen molar-refractivity contribution in [1.29, 1.82) is 0 Å². The molecule has 1 heterocycles. The normalized spacial score (nSPS) is 14.8. The monoisotopic (exact) mass is 1540 g/mol. The molecule has 0 saturated carbocycles. The van der Waals surface area contributed by atoms with Gasteiger partial charge in [0.1, 0.15) is 83.4 Å². The molecule has 11 amide bonds. The van der Waals surface area contributed by atoms with E-state index in [4.69, 9.17) is 17.2 Å². The maximum Gasteiger partial charge on any atom is 0.245 e. The van der Waals surface area contributed by atoms with Crippen LogP contribution in [0.5, 0.6) is 23.0 Å². The van der Waals surface area contributed by atoms with Gasteiger partial charge in [-0.25, -0.2) is 0 Å². The summed E-state index contributed by atoms with van der Waals surface area (Å²) in [6.07, 6.45) is -2.16. The Morgan fingerprint density at radius 3 is 1.10 bits per heavy atom. The number of carbonyl (C=O) groups excluding carboxylic acids is 11. The van der Waals surface area contributed by atoms with Crippen LogP contribution >= 0.6 is 25.3 Å². The molecular formula is C76H94N14O17S2. The Balaban J connectivity index is 1.15. The molecule has 7 aromatic rings. The van der Waals surface area contributed by atoms with Crippen molar-refractivity contribution < 1.29 is 83.4 Å². The van der Waals surface area contributed by atoms with Gasteiger partial charge in [-0.3, -0.25) is 52.7 Å². The zero-order chi connectivity index (χ0) is 79.4. The van der Waals surface area contributed by atoms with Gasteiger partial charge in [-0.2, -0.15) is 25.3 Å². The fourth-order valence-corrected chi connectivity index (χ4v) is 12.2. The molecule has 582 valence electrons. The van der Waals surface area contributed by atoms with Crippen LogP contribution < -0.4 is 70.4 Å². The lowest BCUT2D eigenvalue weighted by Crippen LogP contribution is -2.62. The number of aromatic hydroxyl groups is 4. The second-order valence-electron chi connectivity index (χ2n) is 26.3. The lowest BCUT2D eigenvalue weighted by Gasteiger charge is -2.29. The van der Waals surface area contributed by atoms with Gasteiger partial charge in [0, 0.05) is 60.7 Å². The van der Waals surface area contributed by atoms with Crippen LogP contribution in [-0.4, -0.2) is 197 Å². The number of nitrogens with one attached hydrogen (secondary N) is 11. The Morgan fingerprint density at radius 2 is 0.697 bits per heavy atom. The third kappa shape index (κ3) is 26.3. The quantitative estimate of drug-likeness (QED) is 0.0164. The van der Waals surface area contributed by atoms with Crippen LogP contribution in [0.4, 0.5) is 0 Å². The van der Waals surface area contributed by atoms with Gasteiger partial charge in [0.15, 0.2) is 0 Å². The number of phenols is 4. The minimum Gasteiger partial charge on any atom is -0.508 e. The number of hydrogen-bond donors (Lipinski definition) is 22. The summed E-state index contributed by atoms with van der Waals surface area (Å²) in [5.41, 5.74) is 21.1. The predicted molar refractivity (Wildman–Crippen MR) is 410 cm³/mol. The van der Waals surface area contributed by atoms with Crippen LogP contribution in [0.3, 0.4) is 0 Å². The lowest BCUT2D eigenvalue weighted by molar-refractivity contribution is -0.137. The van der Waals surface area contributed by atoms with E-state index in [0.29, 0.717) is 50.7 Å². The molecular weight excluding hydrogens is 1450 g/mol. The molecule has 109 heavy (non-hydrogen) atoms. The van der Waals surface area contributed by atoms with E-state index in [1.165, 1.54) is 98.8 Å². The molecule has 0 fully saturated rings. The van der Waals surface area contributed by atoms with Gasteiger partial charge in [-0.05, 0) is 134 Å². The fourth-order valence-electron chi connectivity index (χ4n) is 11.7. The Hall–Kier alpha value is -11.2. The SMILES string of the molecule is C[C@@H](O)[C@H](NC(=O)[C@H](CS)NC(=O)[C@@H](NC(=O)[C@H](CCCCN)NC(=O)[C@@H](Cc1c[nH]c2ccccc12)NC(=O)[C@H](Cc1ccccc1)NC(=O)[C@H](CS)NC(=O)[C@H](Cc1ccc(O)cc1)NC(=O)[C@H](Cc1ccc(O)cc1)NC(=O)[C@H](Cc1ccc(O)cc1)NC(=O)[C@@H](N)Cc1ccc(O)cc1)[C@@H](C)O)C(N)=O. The van der Waals surface area contributed by atoms with E-state index in [9.17, 15) is 69.0 Å². The number of thiol groups is 2. The van der Waals surface area contributed by atoms with E-state index in [-0.39, 0.29) is 86.7 Å². The average molecular weight is 1540 g/mol. The lowest BCUT2D eigenvalue weighted by atomic mass is 10.00. The molecule has 0 aliphatic rings. The summed E-state index contributed by atoms with van der Waals surface area (Å²) in [5, 5.41) is 88.0. The molecule has 6 aromatic carbocycles. The van der Waals surface area contributed by atoms with E-state index in [1.54, 1.807) is 72.9 Å². The summed E-state index contributed by atoms with van der Waals surface area (Å²) in [6.45, 7) is 2.55. The molecule has 0 aliphatic heterocycles. The molecule has 31 nitrogen and oxygen atoms in total. The van der Waals surface area contributed by atoms with Gasteiger partial charge in [-0.1, -0.05) is 97.1 Å². The van der Waals surface area contributed by atoms with Crippen LogP contribution in [0.2, 0.25) is 0 Å². The van der Waals surface area contributed by atoms with Crippen molar-refractivity contribution in [3.63, 3.8) is 0 Å².